The Bertz CT molecular complexity index is 636. The number of carbonyl (C=O) groups is 2. The molecule has 1 saturated heterocycles. The molecule has 2 aliphatic rings. The molecule has 1 unspecified atom stereocenters. The molecule has 0 aromatic rings. The van der Waals surface area contributed by atoms with E-state index < -0.39 is 30.6 Å². The zero-order valence-corrected chi connectivity index (χ0v) is 18.1. The number of thiol groups is 1. The molecule has 0 bridgehead atoms. The number of rotatable bonds is 10. The summed E-state index contributed by atoms with van der Waals surface area (Å²) >= 11 is 5.55. The minimum Gasteiger partial charge on any atom is -0.512 e. The number of aliphatic hydroxyl groups is 3. The molecule has 1 aliphatic heterocycles. The molecule has 0 radical (unpaired) electrons. The van der Waals surface area contributed by atoms with Crippen molar-refractivity contribution < 1.29 is 34.4 Å². The number of esters is 1. The molecule has 1 fully saturated rings. The Hall–Kier alpha value is -1.20. The molecule has 0 aromatic heterocycles. The number of aliphatic hydroxyl groups excluding tert-OH is 3. The zero-order valence-electron chi connectivity index (χ0n) is 16.4. The van der Waals surface area contributed by atoms with Gasteiger partial charge in [-0.2, -0.15) is 12.6 Å². The van der Waals surface area contributed by atoms with Crippen molar-refractivity contribution in [3.8, 4) is 0 Å². The third kappa shape index (κ3) is 5.69. The lowest BCUT2D eigenvalue weighted by atomic mass is 9.92. The van der Waals surface area contributed by atoms with Crippen LogP contribution in [-0.4, -0.2) is 88.6 Å². The van der Waals surface area contributed by atoms with Crippen LogP contribution in [0.25, 0.3) is 0 Å². The quantitative estimate of drug-likeness (QED) is 0.286. The molecule has 0 saturated carbocycles. The number of ether oxygens (including phenoxy) is 2. The third-order valence-electron chi connectivity index (χ3n) is 5.08. The average molecular weight is 448 g/mol. The fourth-order valence-corrected chi connectivity index (χ4v) is 5.13. The van der Waals surface area contributed by atoms with Crippen molar-refractivity contribution in [3.63, 3.8) is 0 Å². The molecule has 1 amide bonds. The number of thioether (sulfide) groups is 1. The van der Waals surface area contributed by atoms with E-state index in [1.165, 1.54) is 23.8 Å². The van der Waals surface area contributed by atoms with Crippen LogP contribution in [0.4, 0.5) is 0 Å². The maximum atomic E-state index is 12.8. The summed E-state index contributed by atoms with van der Waals surface area (Å²) < 4.78 is 10.4. The molecular weight excluding hydrogens is 418 g/mol. The van der Waals surface area contributed by atoms with Gasteiger partial charge in [-0.1, -0.05) is 12.2 Å². The van der Waals surface area contributed by atoms with Crippen molar-refractivity contribution in [2.24, 2.45) is 11.3 Å². The van der Waals surface area contributed by atoms with E-state index in [2.05, 4.69) is 12.6 Å². The van der Waals surface area contributed by atoms with Gasteiger partial charge in [0.05, 0.1) is 36.4 Å². The minimum atomic E-state index is -1.11. The standard InChI is InChI=1S/C19H29NO7S2/c1-26-11-19(9-21,10-22)12-27-18(25)14-8-29-17(20(14)16(24)6-7-28)13-4-2-3-5-15(13)23/h2-3,5,13-14,17,21-23,28H,4,6-12H2,1H3/t13?,14-,17+/m0/s1. The van der Waals surface area contributed by atoms with Gasteiger partial charge < -0.3 is 29.7 Å². The van der Waals surface area contributed by atoms with Crippen LogP contribution in [0.1, 0.15) is 12.8 Å². The molecule has 8 nitrogen and oxygen atoms in total. The normalized spacial score (nSPS) is 24.5. The lowest BCUT2D eigenvalue weighted by Gasteiger charge is -2.34. The predicted octanol–water partition coefficient (Wildman–Crippen LogP) is 0.755. The van der Waals surface area contributed by atoms with Crippen molar-refractivity contribution in [2.75, 3.05) is 45.0 Å². The second kappa shape index (κ2) is 11.3. The number of nitrogens with zero attached hydrogens (tertiary/aromatic N) is 1. The third-order valence-corrected chi connectivity index (χ3v) is 6.71. The lowest BCUT2D eigenvalue weighted by Crippen LogP contribution is -2.50. The number of amides is 1. The first-order valence-corrected chi connectivity index (χ1v) is 11.1. The molecule has 3 N–H and O–H groups in total. The first kappa shape index (κ1) is 24.1. The maximum absolute atomic E-state index is 12.8. The predicted molar refractivity (Wildman–Crippen MR) is 113 cm³/mol. The topological polar surface area (TPSA) is 117 Å². The van der Waals surface area contributed by atoms with Gasteiger partial charge in [0, 0.05) is 25.2 Å². The van der Waals surface area contributed by atoms with E-state index in [4.69, 9.17) is 9.47 Å². The molecule has 29 heavy (non-hydrogen) atoms. The first-order chi connectivity index (χ1) is 13.9. The van der Waals surface area contributed by atoms with Gasteiger partial charge in [0.25, 0.3) is 0 Å². The summed E-state index contributed by atoms with van der Waals surface area (Å²) in [6, 6.07) is -0.811. The number of hydrogen-bond acceptors (Lipinski definition) is 9. The summed E-state index contributed by atoms with van der Waals surface area (Å²) in [7, 11) is 1.43. The van der Waals surface area contributed by atoms with Gasteiger partial charge in [-0.3, -0.25) is 4.79 Å². The Morgan fingerprint density at radius 3 is 2.66 bits per heavy atom. The van der Waals surface area contributed by atoms with Gasteiger partial charge in [-0.05, 0) is 18.2 Å². The Kier molecular flexibility index (Phi) is 9.35. The smallest absolute Gasteiger partial charge is 0.329 e. The van der Waals surface area contributed by atoms with Crippen molar-refractivity contribution in [1.29, 1.82) is 0 Å². The van der Waals surface area contributed by atoms with E-state index in [1.54, 1.807) is 12.2 Å². The molecule has 1 heterocycles. The van der Waals surface area contributed by atoms with Gasteiger partial charge in [0.1, 0.15) is 12.6 Å². The van der Waals surface area contributed by atoms with Gasteiger partial charge in [-0.25, -0.2) is 4.79 Å². The van der Waals surface area contributed by atoms with E-state index in [1.807, 2.05) is 6.08 Å². The summed E-state index contributed by atoms with van der Waals surface area (Å²) in [5.74, 6) is -0.273. The zero-order chi connectivity index (χ0) is 21.4. The van der Waals surface area contributed by atoms with Crippen molar-refractivity contribution >= 4 is 36.3 Å². The van der Waals surface area contributed by atoms with Gasteiger partial charge in [0.15, 0.2) is 0 Å². The summed E-state index contributed by atoms with van der Waals surface area (Å²) in [6.07, 6.45) is 6.01. The Labute approximate surface area is 180 Å². The fraction of sp³-hybridized carbons (Fsp3) is 0.684. The Morgan fingerprint density at radius 1 is 1.34 bits per heavy atom. The molecule has 2 rings (SSSR count). The fourth-order valence-electron chi connectivity index (χ4n) is 3.36. The highest BCUT2D eigenvalue weighted by Crippen LogP contribution is 2.40. The monoisotopic (exact) mass is 447 g/mol. The summed E-state index contributed by atoms with van der Waals surface area (Å²) in [4.78, 5) is 27.1. The van der Waals surface area contributed by atoms with E-state index >= 15 is 0 Å². The lowest BCUT2D eigenvalue weighted by molar-refractivity contribution is -0.161. The van der Waals surface area contributed by atoms with E-state index in [9.17, 15) is 24.9 Å². The molecule has 0 aromatic carbocycles. The van der Waals surface area contributed by atoms with Crippen molar-refractivity contribution in [1.82, 2.24) is 4.90 Å². The number of carbonyl (C=O) groups excluding carboxylic acids is 2. The van der Waals surface area contributed by atoms with Crippen LogP contribution in [0.3, 0.4) is 0 Å². The van der Waals surface area contributed by atoms with Crippen LogP contribution in [0, 0.1) is 11.3 Å². The summed E-state index contributed by atoms with van der Waals surface area (Å²) in [6.45, 7) is -1.04. The molecular formula is C19H29NO7S2. The van der Waals surface area contributed by atoms with Gasteiger partial charge in [-0.15, -0.1) is 11.8 Å². The number of methoxy groups -OCH3 is 1. The number of hydrogen-bond donors (Lipinski definition) is 4. The van der Waals surface area contributed by atoms with Crippen LogP contribution >= 0.6 is 24.4 Å². The van der Waals surface area contributed by atoms with Crippen LogP contribution in [0.2, 0.25) is 0 Å². The Morgan fingerprint density at radius 2 is 2.07 bits per heavy atom. The van der Waals surface area contributed by atoms with E-state index in [0.29, 0.717) is 17.9 Å². The second-order valence-corrected chi connectivity index (χ2v) is 8.83. The molecule has 0 spiro atoms. The van der Waals surface area contributed by atoms with Crippen LogP contribution in [-0.2, 0) is 19.1 Å². The second-order valence-electron chi connectivity index (χ2n) is 7.23. The van der Waals surface area contributed by atoms with Gasteiger partial charge in [0.2, 0.25) is 5.91 Å². The Balaban J connectivity index is 2.15. The highest BCUT2D eigenvalue weighted by atomic mass is 32.2. The van der Waals surface area contributed by atoms with Crippen LogP contribution < -0.4 is 0 Å². The molecule has 10 heteroatoms. The highest BCUT2D eigenvalue weighted by Gasteiger charge is 2.46. The molecule has 1 aliphatic carbocycles. The summed E-state index contributed by atoms with van der Waals surface area (Å²) in [5, 5.41) is 29.1. The van der Waals surface area contributed by atoms with Crippen LogP contribution in [0.5, 0.6) is 0 Å². The maximum Gasteiger partial charge on any atom is 0.329 e. The minimum absolute atomic E-state index is 0.0185. The summed E-state index contributed by atoms with van der Waals surface area (Å²) in [5.41, 5.74) is -1.11. The largest absolute Gasteiger partial charge is 0.512 e. The SMILES string of the molecule is COCC(CO)(CO)COC(=O)[C@@H]1CS[C@H](C2CC=CC=C2O)N1C(=O)CCS. The molecule has 3 atom stereocenters. The van der Waals surface area contributed by atoms with Crippen molar-refractivity contribution in [3.05, 3.63) is 24.0 Å². The van der Waals surface area contributed by atoms with E-state index in [0.717, 1.165) is 0 Å². The first-order valence-electron chi connectivity index (χ1n) is 9.39. The van der Waals surface area contributed by atoms with Crippen LogP contribution in [0.15, 0.2) is 24.0 Å². The van der Waals surface area contributed by atoms with Gasteiger partial charge >= 0.3 is 5.97 Å². The molecule has 164 valence electrons. The highest BCUT2D eigenvalue weighted by molar-refractivity contribution is 8.00. The van der Waals surface area contributed by atoms with Crippen molar-refractivity contribution in [2.45, 2.75) is 24.3 Å². The average Bonchev–Trinajstić information content (AvgIpc) is 3.16. The van der Waals surface area contributed by atoms with E-state index in [-0.39, 0.29) is 42.6 Å². The number of allylic oxidation sites excluding steroid dienone is 3.